The minimum Gasteiger partial charge on any atom is -0.452 e. The number of hydrogen-bond donors (Lipinski definition) is 1. The monoisotopic (exact) mass is 416 g/mol. The third kappa shape index (κ3) is 6.82. The van der Waals surface area contributed by atoms with Gasteiger partial charge in [-0.15, -0.1) is 0 Å². The van der Waals surface area contributed by atoms with Crippen LogP contribution in [-0.4, -0.2) is 29.3 Å². The number of hydrogen-bond acceptors (Lipinski definition) is 4. The van der Waals surface area contributed by atoms with E-state index >= 15 is 0 Å². The summed E-state index contributed by atoms with van der Waals surface area (Å²) >= 11 is 0. The summed E-state index contributed by atoms with van der Waals surface area (Å²) in [6.07, 6.45) is 0. The van der Waals surface area contributed by atoms with Gasteiger partial charge in [0.1, 0.15) is 0 Å². The molecule has 0 aliphatic heterocycles. The van der Waals surface area contributed by atoms with Gasteiger partial charge in [-0.3, -0.25) is 9.59 Å². The number of nitrogens with zero attached hydrogens (tertiary/aromatic N) is 1. The van der Waals surface area contributed by atoms with Gasteiger partial charge in [0.15, 0.2) is 6.61 Å². The molecule has 6 heteroatoms. The molecular weight excluding hydrogens is 392 g/mol. The molecule has 6 nitrogen and oxygen atoms in total. The second kappa shape index (κ2) is 10.7. The number of nitrogens with one attached hydrogen (secondary N) is 1. The fourth-order valence-electron chi connectivity index (χ4n) is 3.03. The largest absolute Gasteiger partial charge is 0.452 e. The van der Waals surface area contributed by atoms with Crippen LogP contribution in [0.3, 0.4) is 0 Å². The Morgan fingerprint density at radius 3 is 1.77 bits per heavy atom. The maximum Gasteiger partial charge on any atom is 0.338 e. The Bertz CT molecular complexity index is 977. The normalized spacial score (nSPS) is 10.2. The first-order valence-corrected chi connectivity index (χ1v) is 9.91. The quantitative estimate of drug-likeness (QED) is 0.563. The highest BCUT2D eigenvalue weighted by atomic mass is 16.5. The van der Waals surface area contributed by atoms with Gasteiger partial charge in [-0.1, -0.05) is 60.7 Å². The smallest absolute Gasteiger partial charge is 0.338 e. The zero-order valence-electron chi connectivity index (χ0n) is 17.3. The molecular formula is C25H24N2O4. The van der Waals surface area contributed by atoms with E-state index in [0.29, 0.717) is 24.3 Å². The van der Waals surface area contributed by atoms with Crippen molar-refractivity contribution in [2.75, 3.05) is 11.9 Å². The predicted molar refractivity (Wildman–Crippen MR) is 118 cm³/mol. The van der Waals surface area contributed by atoms with Crippen molar-refractivity contribution in [1.82, 2.24) is 4.90 Å². The Hall–Kier alpha value is -3.93. The van der Waals surface area contributed by atoms with E-state index in [1.54, 1.807) is 29.2 Å². The summed E-state index contributed by atoms with van der Waals surface area (Å²) in [4.78, 5) is 38.0. The lowest BCUT2D eigenvalue weighted by atomic mass is 10.1. The number of carbonyl (C=O) groups is 3. The zero-order chi connectivity index (χ0) is 22.1. The molecule has 158 valence electrons. The molecule has 0 heterocycles. The van der Waals surface area contributed by atoms with Crippen molar-refractivity contribution in [1.29, 1.82) is 0 Å². The summed E-state index contributed by atoms with van der Waals surface area (Å²) in [7, 11) is 0. The molecule has 0 unspecified atom stereocenters. The van der Waals surface area contributed by atoms with E-state index in [-0.39, 0.29) is 18.4 Å². The van der Waals surface area contributed by atoms with E-state index in [4.69, 9.17) is 4.74 Å². The molecule has 3 aromatic carbocycles. The van der Waals surface area contributed by atoms with Gasteiger partial charge in [0.2, 0.25) is 5.91 Å². The van der Waals surface area contributed by atoms with Crippen molar-refractivity contribution in [2.24, 2.45) is 0 Å². The summed E-state index contributed by atoms with van der Waals surface area (Å²) in [5, 5.41) is 2.63. The third-order valence-electron chi connectivity index (χ3n) is 4.55. The standard InChI is InChI=1S/C25H24N2O4/c1-19(28)26-23-14-12-22(13-15-23)25(30)31-18-24(29)27(16-20-8-4-2-5-9-20)17-21-10-6-3-7-11-21/h2-15H,16-18H2,1H3,(H,26,28). The highest BCUT2D eigenvalue weighted by Crippen LogP contribution is 2.13. The Morgan fingerprint density at radius 2 is 1.29 bits per heavy atom. The van der Waals surface area contributed by atoms with Gasteiger partial charge in [-0.2, -0.15) is 0 Å². The summed E-state index contributed by atoms with van der Waals surface area (Å²) in [6, 6.07) is 25.6. The van der Waals surface area contributed by atoms with Gasteiger partial charge in [-0.25, -0.2) is 4.79 Å². The van der Waals surface area contributed by atoms with E-state index < -0.39 is 5.97 Å². The third-order valence-corrected chi connectivity index (χ3v) is 4.55. The van der Waals surface area contributed by atoms with Gasteiger partial charge in [-0.05, 0) is 35.4 Å². The van der Waals surface area contributed by atoms with E-state index in [1.807, 2.05) is 60.7 Å². The number of rotatable bonds is 8. The van der Waals surface area contributed by atoms with Crippen molar-refractivity contribution in [3.63, 3.8) is 0 Å². The molecule has 0 saturated carbocycles. The molecule has 31 heavy (non-hydrogen) atoms. The molecule has 0 bridgehead atoms. The second-order valence-corrected chi connectivity index (χ2v) is 7.06. The van der Waals surface area contributed by atoms with Gasteiger partial charge in [0.05, 0.1) is 5.56 Å². The lowest BCUT2D eigenvalue weighted by Gasteiger charge is -2.23. The molecule has 1 N–H and O–H groups in total. The maximum absolute atomic E-state index is 12.9. The Balaban J connectivity index is 1.63. The number of amides is 2. The van der Waals surface area contributed by atoms with Gasteiger partial charge < -0.3 is 15.0 Å². The summed E-state index contributed by atoms with van der Waals surface area (Å²) in [5.41, 5.74) is 2.87. The fraction of sp³-hybridized carbons (Fsp3) is 0.160. The molecule has 0 saturated heterocycles. The number of benzene rings is 3. The number of esters is 1. The van der Waals surface area contributed by atoms with E-state index in [9.17, 15) is 14.4 Å². The van der Waals surface area contributed by atoms with E-state index in [2.05, 4.69) is 5.32 Å². The van der Waals surface area contributed by atoms with Crippen LogP contribution in [0, 0.1) is 0 Å². The van der Waals surface area contributed by atoms with Crippen LogP contribution in [0.1, 0.15) is 28.4 Å². The molecule has 0 aliphatic carbocycles. The number of anilines is 1. The number of ether oxygens (including phenoxy) is 1. The van der Waals surface area contributed by atoms with Crippen LogP contribution in [0.4, 0.5) is 5.69 Å². The lowest BCUT2D eigenvalue weighted by Crippen LogP contribution is -2.33. The first kappa shape index (κ1) is 21.8. The maximum atomic E-state index is 12.9. The van der Waals surface area contributed by atoms with Crippen molar-refractivity contribution >= 4 is 23.5 Å². The molecule has 3 rings (SSSR count). The van der Waals surface area contributed by atoms with Gasteiger partial charge in [0, 0.05) is 25.7 Å². The highest BCUT2D eigenvalue weighted by Gasteiger charge is 2.17. The van der Waals surface area contributed by atoms with Crippen LogP contribution in [0.5, 0.6) is 0 Å². The van der Waals surface area contributed by atoms with Gasteiger partial charge in [0.25, 0.3) is 5.91 Å². The SMILES string of the molecule is CC(=O)Nc1ccc(C(=O)OCC(=O)N(Cc2ccccc2)Cc2ccccc2)cc1. The molecule has 0 spiro atoms. The second-order valence-electron chi connectivity index (χ2n) is 7.06. The molecule has 0 radical (unpaired) electrons. The first-order chi connectivity index (χ1) is 15.0. The zero-order valence-corrected chi connectivity index (χ0v) is 17.3. The van der Waals surface area contributed by atoms with Crippen LogP contribution in [0.25, 0.3) is 0 Å². The summed E-state index contributed by atoms with van der Waals surface area (Å²) in [5.74, 6) is -1.07. The Labute approximate surface area is 181 Å². The highest BCUT2D eigenvalue weighted by molar-refractivity contribution is 5.93. The molecule has 0 atom stereocenters. The fourth-order valence-corrected chi connectivity index (χ4v) is 3.03. The summed E-state index contributed by atoms with van der Waals surface area (Å²) in [6.45, 7) is 1.88. The van der Waals surface area contributed by atoms with Crippen LogP contribution in [0.2, 0.25) is 0 Å². The van der Waals surface area contributed by atoms with Crippen LogP contribution >= 0.6 is 0 Å². The molecule has 0 aromatic heterocycles. The van der Waals surface area contributed by atoms with Crippen LogP contribution < -0.4 is 5.32 Å². The van der Waals surface area contributed by atoms with Gasteiger partial charge >= 0.3 is 5.97 Å². The van der Waals surface area contributed by atoms with Crippen LogP contribution in [0.15, 0.2) is 84.9 Å². The first-order valence-electron chi connectivity index (χ1n) is 9.91. The van der Waals surface area contributed by atoms with Crippen molar-refractivity contribution in [3.8, 4) is 0 Å². The Morgan fingerprint density at radius 1 is 0.774 bits per heavy atom. The van der Waals surface area contributed by atoms with Crippen molar-refractivity contribution in [2.45, 2.75) is 20.0 Å². The molecule has 2 amide bonds. The molecule has 0 fully saturated rings. The Kier molecular flexibility index (Phi) is 7.54. The average Bonchev–Trinajstić information content (AvgIpc) is 2.78. The average molecular weight is 416 g/mol. The lowest BCUT2D eigenvalue weighted by molar-refractivity contribution is -0.135. The summed E-state index contributed by atoms with van der Waals surface area (Å²) < 4.78 is 5.25. The topological polar surface area (TPSA) is 75.7 Å². The molecule has 0 aliphatic rings. The van der Waals surface area contributed by atoms with Crippen molar-refractivity contribution < 1.29 is 19.1 Å². The minimum atomic E-state index is -0.595. The van der Waals surface area contributed by atoms with Crippen LogP contribution in [-0.2, 0) is 27.4 Å². The van der Waals surface area contributed by atoms with Crippen molar-refractivity contribution in [3.05, 3.63) is 102 Å². The predicted octanol–water partition coefficient (Wildman–Crippen LogP) is 4.03. The van der Waals surface area contributed by atoms with E-state index in [0.717, 1.165) is 11.1 Å². The number of carbonyl (C=O) groups excluding carboxylic acids is 3. The molecule has 3 aromatic rings. The minimum absolute atomic E-state index is 0.196. The van der Waals surface area contributed by atoms with E-state index in [1.165, 1.54) is 6.92 Å².